The molecule has 1 aromatic heterocycles. The second-order valence-electron chi connectivity index (χ2n) is 3.83. The number of imidazole rings is 1. The van der Waals surface area contributed by atoms with E-state index in [4.69, 9.17) is 11.6 Å². The van der Waals surface area contributed by atoms with Crippen LogP contribution in [0.5, 0.6) is 0 Å². The second kappa shape index (κ2) is 5.17. The highest BCUT2D eigenvalue weighted by molar-refractivity contribution is 6.30. The van der Waals surface area contributed by atoms with Crippen LogP contribution in [0.15, 0.2) is 36.8 Å². The van der Waals surface area contributed by atoms with Gasteiger partial charge in [-0.2, -0.15) is 0 Å². The van der Waals surface area contributed by atoms with Crippen LogP contribution in [0.1, 0.15) is 19.8 Å². The van der Waals surface area contributed by atoms with E-state index in [1.807, 2.05) is 36.8 Å². The molecule has 0 amide bonds. The summed E-state index contributed by atoms with van der Waals surface area (Å²) in [4.78, 5) is 4.20. The number of nitrogens with zero attached hydrogens (tertiary/aromatic N) is 2. The predicted octanol–water partition coefficient (Wildman–Crippen LogP) is 4.00. The van der Waals surface area contributed by atoms with Crippen LogP contribution in [0.4, 0.5) is 0 Å². The third-order valence-electron chi connectivity index (χ3n) is 2.60. The average Bonchev–Trinajstić information content (AvgIpc) is 2.75. The summed E-state index contributed by atoms with van der Waals surface area (Å²) in [7, 11) is 0. The molecule has 16 heavy (non-hydrogen) atoms. The Morgan fingerprint density at radius 1 is 1.25 bits per heavy atom. The topological polar surface area (TPSA) is 17.8 Å². The van der Waals surface area contributed by atoms with Crippen molar-refractivity contribution in [3.63, 3.8) is 0 Å². The van der Waals surface area contributed by atoms with Gasteiger partial charge in [-0.25, -0.2) is 4.98 Å². The number of hydrogen-bond acceptors (Lipinski definition) is 1. The van der Waals surface area contributed by atoms with Crippen LogP contribution in [0.3, 0.4) is 0 Å². The molecular formula is C13H15ClN2. The number of hydrogen-bond donors (Lipinski definition) is 0. The maximum Gasteiger partial charge on any atom is 0.0950 e. The van der Waals surface area contributed by atoms with Crippen LogP contribution in [-0.2, 0) is 6.54 Å². The molecule has 2 aromatic rings. The van der Waals surface area contributed by atoms with E-state index >= 15 is 0 Å². The molecule has 0 N–H and O–H groups in total. The molecule has 0 bridgehead atoms. The van der Waals surface area contributed by atoms with Crippen LogP contribution in [0, 0.1) is 0 Å². The normalized spacial score (nSPS) is 10.6. The van der Waals surface area contributed by atoms with Gasteiger partial charge in [0.05, 0.1) is 18.2 Å². The van der Waals surface area contributed by atoms with Gasteiger partial charge in [-0.3, -0.25) is 0 Å². The molecule has 0 spiro atoms. The first-order valence-corrected chi connectivity index (χ1v) is 5.95. The van der Waals surface area contributed by atoms with Gasteiger partial charge in [0.2, 0.25) is 0 Å². The Bertz CT molecular complexity index is 445. The number of halogens is 1. The molecule has 0 unspecified atom stereocenters. The monoisotopic (exact) mass is 234 g/mol. The molecule has 2 nitrogen and oxygen atoms in total. The van der Waals surface area contributed by atoms with Crippen molar-refractivity contribution >= 4 is 11.6 Å². The van der Waals surface area contributed by atoms with Crippen molar-refractivity contribution in [2.75, 3.05) is 0 Å². The quantitative estimate of drug-likeness (QED) is 0.782. The summed E-state index contributed by atoms with van der Waals surface area (Å²) in [6, 6.07) is 7.88. The molecule has 3 heteroatoms. The van der Waals surface area contributed by atoms with Crippen LogP contribution >= 0.6 is 11.6 Å². The summed E-state index contributed by atoms with van der Waals surface area (Å²) in [6.07, 6.45) is 6.16. The van der Waals surface area contributed by atoms with Gasteiger partial charge in [0.1, 0.15) is 0 Å². The molecule has 1 aromatic carbocycles. The van der Waals surface area contributed by atoms with E-state index in [0.717, 1.165) is 22.8 Å². The Morgan fingerprint density at radius 3 is 2.69 bits per heavy atom. The third-order valence-corrected chi connectivity index (χ3v) is 2.86. The lowest BCUT2D eigenvalue weighted by Gasteiger charge is -2.07. The van der Waals surface area contributed by atoms with Crippen molar-refractivity contribution in [3.05, 3.63) is 41.8 Å². The SMILES string of the molecule is CCCCn1cncc1-c1ccc(Cl)cc1. The first kappa shape index (κ1) is 11.2. The number of benzene rings is 1. The van der Waals surface area contributed by atoms with E-state index in [1.54, 1.807) is 0 Å². The highest BCUT2D eigenvalue weighted by Gasteiger charge is 2.04. The molecule has 2 rings (SSSR count). The summed E-state index contributed by atoms with van der Waals surface area (Å²) in [5.74, 6) is 0. The first-order chi connectivity index (χ1) is 7.81. The highest BCUT2D eigenvalue weighted by atomic mass is 35.5. The largest absolute Gasteiger partial charge is 0.331 e. The molecular weight excluding hydrogens is 220 g/mol. The minimum absolute atomic E-state index is 0.767. The number of aromatic nitrogens is 2. The summed E-state index contributed by atoms with van der Waals surface area (Å²) in [5.41, 5.74) is 2.32. The van der Waals surface area contributed by atoms with Gasteiger partial charge in [0.15, 0.2) is 0 Å². The van der Waals surface area contributed by atoms with Crippen molar-refractivity contribution in [2.24, 2.45) is 0 Å². The van der Waals surface area contributed by atoms with Gasteiger partial charge in [0.25, 0.3) is 0 Å². The molecule has 0 aliphatic rings. The molecule has 0 fully saturated rings. The van der Waals surface area contributed by atoms with E-state index in [9.17, 15) is 0 Å². The van der Waals surface area contributed by atoms with E-state index in [-0.39, 0.29) is 0 Å². The first-order valence-electron chi connectivity index (χ1n) is 5.57. The summed E-state index contributed by atoms with van der Waals surface area (Å²) >= 11 is 5.87. The zero-order valence-electron chi connectivity index (χ0n) is 9.36. The molecule has 0 radical (unpaired) electrons. The number of aryl methyl sites for hydroxylation is 1. The van der Waals surface area contributed by atoms with Crippen molar-refractivity contribution in [1.29, 1.82) is 0 Å². The average molecular weight is 235 g/mol. The van der Waals surface area contributed by atoms with Gasteiger partial charge < -0.3 is 4.57 Å². The van der Waals surface area contributed by atoms with Crippen molar-refractivity contribution in [2.45, 2.75) is 26.3 Å². The molecule has 0 saturated carbocycles. The lowest BCUT2D eigenvalue weighted by Crippen LogP contribution is -1.97. The minimum Gasteiger partial charge on any atom is -0.331 e. The maximum atomic E-state index is 5.87. The number of rotatable bonds is 4. The Kier molecular flexibility index (Phi) is 3.62. The zero-order valence-corrected chi connectivity index (χ0v) is 10.1. The van der Waals surface area contributed by atoms with E-state index < -0.39 is 0 Å². The standard InChI is InChI=1S/C13H15ClN2/c1-2-3-8-16-10-15-9-13(16)11-4-6-12(14)7-5-11/h4-7,9-10H,2-3,8H2,1H3. The molecule has 0 saturated heterocycles. The lowest BCUT2D eigenvalue weighted by molar-refractivity contribution is 0.636. The molecule has 84 valence electrons. The number of unbranched alkanes of at least 4 members (excludes halogenated alkanes) is 1. The minimum atomic E-state index is 0.767. The molecule has 0 aliphatic heterocycles. The van der Waals surface area contributed by atoms with Crippen LogP contribution in [0.2, 0.25) is 5.02 Å². The van der Waals surface area contributed by atoms with Crippen LogP contribution in [-0.4, -0.2) is 9.55 Å². The van der Waals surface area contributed by atoms with Gasteiger partial charge in [0, 0.05) is 11.6 Å². The smallest absolute Gasteiger partial charge is 0.0950 e. The third kappa shape index (κ3) is 2.45. The molecule has 1 heterocycles. The fraction of sp³-hybridized carbons (Fsp3) is 0.308. The van der Waals surface area contributed by atoms with E-state index in [0.29, 0.717) is 0 Å². The van der Waals surface area contributed by atoms with Gasteiger partial charge in [-0.1, -0.05) is 37.1 Å². The summed E-state index contributed by atoms with van der Waals surface area (Å²) in [5, 5.41) is 0.767. The lowest BCUT2D eigenvalue weighted by atomic mass is 10.1. The van der Waals surface area contributed by atoms with E-state index in [2.05, 4.69) is 16.5 Å². The van der Waals surface area contributed by atoms with Crippen molar-refractivity contribution in [1.82, 2.24) is 9.55 Å². The zero-order chi connectivity index (χ0) is 11.4. The fourth-order valence-electron chi connectivity index (χ4n) is 1.69. The van der Waals surface area contributed by atoms with Gasteiger partial charge in [-0.05, 0) is 24.1 Å². The Balaban J connectivity index is 2.26. The fourth-order valence-corrected chi connectivity index (χ4v) is 1.81. The summed E-state index contributed by atoms with van der Waals surface area (Å²) in [6.45, 7) is 3.22. The second-order valence-corrected chi connectivity index (χ2v) is 4.27. The van der Waals surface area contributed by atoms with E-state index in [1.165, 1.54) is 12.8 Å². The summed E-state index contributed by atoms with van der Waals surface area (Å²) < 4.78 is 2.19. The molecule has 0 atom stereocenters. The Labute approximate surface area is 101 Å². The Hall–Kier alpha value is -1.28. The van der Waals surface area contributed by atoms with Gasteiger partial charge in [-0.15, -0.1) is 0 Å². The predicted molar refractivity (Wildman–Crippen MR) is 67.6 cm³/mol. The maximum absolute atomic E-state index is 5.87. The van der Waals surface area contributed by atoms with Crippen LogP contribution < -0.4 is 0 Å². The van der Waals surface area contributed by atoms with Crippen molar-refractivity contribution < 1.29 is 0 Å². The van der Waals surface area contributed by atoms with Crippen molar-refractivity contribution in [3.8, 4) is 11.3 Å². The molecule has 0 aliphatic carbocycles. The van der Waals surface area contributed by atoms with Gasteiger partial charge >= 0.3 is 0 Å². The highest BCUT2D eigenvalue weighted by Crippen LogP contribution is 2.21. The van der Waals surface area contributed by atoms with Crippen LogP contribution in [0.25, 0.3) is 11.3 Å². The Morgan fingerprint density at radius 2 is 2.00 bits per heavy atom.